The third-order valence-electron chi connectivity index (χ3n) is 6.65. The number of carbonyl (C=O) groups is 2. The molecule has 0 spiro atoms. The molecule has 5 rings (SSSR count). The second kappa shape index (κ2) is 10.3. The summed E-state index contributed by atoms with van der Waals surface area (Å²) in [6, 6.07) is 12.8. The number of hydrogen-bond donors (Lipinski definition) is 3. The molecule has 190 valence electrons. The number of H-pyrrole nitrogens is 1. The van der Waals surface area contributed by atoms with Gasteiger partial charge in [0.1, 0.15) is 11.9 Å². The Kier molecular flexibility index (Phi) is 6.92. The molecule has 0 radical (unpaired) electrons. The van der Waals surface area contributed by atoms with E-state index >= 15 is 0 Å². The molecule has 0 saturated carbocycles. The van der Waals surface area contributed by atoms with Gasteiger partial charge in [0.2, 0.25) is 5.91 Å². The molecule has 9 nitrogen and oxygen atoms in total. The maximum Gasteiger partial charge on any atom is 0.405 e. The first kappa shape index (κ1) is 24.9. The topological polar surface area (TPSA) is 124 Å². The van der Waals surface area contributed by atoms with Crippen molar-refractivity contribution in [3.63, 3.8) is 0 Å². The van der Waals surface area contributed by atoms with Crippen molar-refractivity contribution in [1.29, 1.82) is 0 Å². The number of carboxylic acid groups (broad SMARTS) is 1. The van der Waals surface area contributed by atoms with Crippen LogP contribution < -0.4 is 5.32 Å². The molecule has 4 aromatic rings. The van der Waals surface area contributed by atoms with Crippen LogP contribution in [-0.2, 0) is 4.79 Å². The quantitative estimate of drug-likeness (QED) is 0.289. The molecule has 2 aromatic heterocycles. The van der Waals surface area contributed by atoms with Crippen LogP contribution in [0.1, 0.15) is 38.6 Å². The lowest BCUT2D eigenvalue weighted by Gasteiger charge is -2.29. The molecule has 0 bridgehead atoms. The van der Waals surface area contributed by atoms with Crippen molar-refractivity contribution in [3.05, 3.63) is 65.2 Å². The van der Waals surface area contributed by atoms with Crippen LogP contribution >= 0.6 is 15.9 Å². The van der Waals surface area contributed by atoms with Gasteiger partial charge >= 0.3 is 6.09 Å². The number of halogens is 1. The minimum Gasteiger partial charge on any atom is -0.465 e. The lowest BCUT2D eigenvalue weighted by atomic mass is 10.0. The number of hydrogen-bond acceptors (Lipinski definition) is 5. The van der Waals surface area contributed by atoms with Gasteiger partial charge in [0.15, 0.2) is 0 Å². The third kappa shape index (κ3) is 5.20. The summed E-state index contributed by atoms with van der Waals surface area (Å²) < 4.78 is 0.965. The largest absolute Gasteiger partial charge is 0.465 e. The van der Waals surface area contributed by atoms with Crippen LogP contribution in [0.15, 0.2) is 59.3 Å². The molecule has 3 N–H and O–H groups in total. The number of carbonyl (C=O) groups excluding carboxylic acids is 1. The normalized spacial score (nSPS) is 16.3. The maximum absolute atomic E-state index is 13.2. The zero-order chi connectivity index (χ0) is 26.1. The molecular weight excluding hydrogens is 536 g/mol. The molecule has 2 aromatic carbocycles. The summed E-state index contributed by atoms with van der Waals surface area (Å²) in [6.45, 7) is 4.24. The molecule has 0 unspecified atom stereocenters. The van der Waals surface area contributed by atoms with Gasteiger partial charge in [-0.1, -0.05) is 54.0 Å². The van der Waals surface area contributed by atoms with E-state index < -0.39 is 12.1 Å². The number of aromatic amines is 1. The van der Waals surface area contributed by atoms with Crippen molar-refractivity contribution in [1.82, 2.24) is 30.2 Å². The molecule has 2 atom stereocenters. The average molecular weight is 563 g/mol. The lowest BCUT2D eigenvalue weighted by Crippen LogP contribution is -2.50. The Labute approximate surface area is 222 Å². The molecule has 0 aliphatic carbocycles. The summed E-state index contributed by atoms with van der Waals surface area (Å²) in [5.41, 5.74) is 5.22. The van der Waals surface area contributed by atoms with Gasteiger partial charge in [0.25, 0.3) is 0 Å². The minimum absolute atomic E-state index is 0.162. The van der Waals surface area contributed by atoms with E-state index in [9.17, 15) is 14.7 Å². The van der Waals surface area contributed by atoms with E-state index in [2.05, 4.69) is 36.2 Å². The molecule has 1 aliphatic heterocycles. The smallest absolute Gasteiger partial charge is 0.405 e. The Balaban J connectivity index is 1.34. The van der Waals surface area contributed by atoms with Gasteiger partial charge in [-0.3, -0.25) is 9.78 Å². The van der Waals surface area contributed by atoms with Gasteiger partial charge in [-0.2, -0.15) is 0 Å². The Hall–Kier alpha value is -3.79. The Morgan fingerprint density at radius 1 is 1.08 bits per heavy atom. The van der Waals surface area contributed by atoms with Crippen LogP contribution in [0.25, 0.3) is 33.5 Å². The maximum atomic E-state index is 13.2. The average Bonchev–Trinajstić information content (AvgIpc) is 3.56. The summed E-state index contributed by atoms with van der Waals surface area (Å²) >= 11 is 3.46. The van der Waals surface area contributed by atoms with Crippen molar-refractivity contribution in [2.24, 2.45) is 5.92 Å². The lowest BCUT2D eigenvalue weighted by molar-refractivity contribution is -0.135. The zero-order valence-electron chi connectivity index (χ0n) is 20.5. The number of likely N-dealkylation sites (tertiary alicyclic amines) is 1. The highest BCUT2D eigenvalue weighted by atomic mass is 79.9. The van der Waals surface area contributed by atoms with Crippen LogP contribution in [0.4, 0.5) is 4.79 Å². The highest BCUT2D eigenvalue weighted by Gasteiger charge is 2.37. The predicted molar refractivity (Wildman–Crippen MR) is 144 cm³/mol. The second-order valence-corrected chi connectivity index (χ2v) is 10.4. The van der Waals surface area contributed by atoms with E-state index in [0.29, 0.717) is 12.4 Å². The molecule has 3 heterocycles. The molecule has 1 fully saturated rings. The highest BCUT2D eigenvalue weighted by Crippen LogP contribution is 2.33. The molecule has 10 heteroatoms. The fourth-order valence-electron chi connectivity index (χ4n) is 4.74. The summed E-state index contributed by atoms with van der Waals surface area (Å²) in [5, 5.41) is 11.5. The second-order valence-electron chi connectivity index (χ2n) is 9.51. The third-order valence-corrected chi connectivity index (χ3v) is 7.15. The van der Waals surface area contributed by atoms with Crippen molar-refractivity contribution < 1.29 is 14.7 Å². The van der Waals surface area contributed by atoms with Crippen LogP contribution in [0.2, 0.25) is 0 Å². The van der Waals surface area contributed by atoms with Gasteiger partial charge in [-0.05, 0) is 42.5 Å². The zero-order valence-corrected chi connectivity index (χ0v) is 22.1. The standard InChI is InChI=1S/C27H27BrN6O3/c1-15(2)24(33-27(36)37)26(35)34-11-3-4-23(34)25-30-14-22(32-25)17-7-5-16(6-8-17)21-13-29-20-12-18(28)9-10-19(20)31-21/h5-10,12-15,23-24,33H,3-4,11H2,1-2H3,(H,30,32)(H,36,37)/t23-,24-/m0/s1. The van der Waals surface area contributed by atoms with E-state index in [1.54, 1.807) is 17.3 Å². The summed E-state index contributed by atoms with van der Waals surface area (Å²) in [5.74, 6) is 0.324. The van der Waals surface area contributed by atoms with Crippen molar-refractivity contribution in [3.8, 4) is 22.5 Å². The minimum atomic E-state index is -1.20. The molecule has 2 amide bonds. The van der Waals surface area contributed by atoms with Gasteiger partial charge in [0, 0.05) is 16.6 Å². The Bertz CT molecular complexity index is 1450. The number of benzene rings is 2. The van der Waals surface area contributed by atoms with Crippen LogP contribution in [-0.4, -0.2) is 54.5 Å². The first-order valence-corrected chi connectivity index (χ1v) is 13.0. The fourth-order valence-corrected chi connectivity index (χ4v) is 5.09. The first-order valence-electron chi connectivity index (χ1n) is 12.2. The van der Waals surface area contributed by atoms with Crippen molar-refractivity contribution in [2.45, 2.75) is 38.8 Å². The summed E-state index contributed by atoms with van der Waals surface area (Å²) in [7, 11) is 0. The monoisotopic (exact) mass is 562 g/mol. The van der Waals surface area contributed by atoms with Crippen LogP contribution in [0, 0.1) is 5.92 Å². The van der Waals surface area contributed by atoms with Crippen molar-refractivity contribution in [2.75, 3.05) is 6.54 Å². The highest BCUT2D eigenvalue weighted by molar-refractivity contribution is 9.10. The van der Waals surface area contributed by atoms with Gasteiger partial charge in [-0.15, -0.1) is 0 Å². The number of nitrogens with zero attached hydrogens (tertiary/aromatic N) is 4. The van der Waals surface area contributed by atoms with Crippen LogP contribution in [0.3, 0.4) is 0 Å². The summed E-state index contributed by atoms with van der Waals surface area (Å²) in [6.07, 6.45) is 3.95. The van der Waals surface area contributed by atoms with Gasteiger partial charge in [0.05, 0.1) is 40.9 Å². The number of amides is 2. The van der Waals surface area contributed by atoms with E-state index in [4.69, 9.17) is 4.98 Å². The van der Waals surface area contributed by atoms with E-state index in [0.717, 1.165) is 50.9 Å². The molecule has 1 saturated heterocycles. The SMILES string of the molecule is CC(C)[C@H](NC(=O)O)C(=O)N1CCC[C@H]1c1ncc(-c2ccc(-c3cnc4cc(Br)ccc4n3)cc2)[nH]1. The van der Waals surface area contributed by atoms with Gasteiger partial charge in [-0.25, -0.2) is 14.8 Å². The Morgan fingerprint density at radius 2 is 1.84 bits per heavy atom. The molecular formula is C27H27BrN6O3. The number of fused-ring (bicyclic) bond motifs is 1. The number of rotatable bonds is 6. The van der Waals surface area contributed by atoms with E-state index in [1.165, 1.54) is 0 Å². The van der Waals surface area contributed by atoms with Gasteiger partial charge < -0.3 is 20.3 Å². The summed E-state index contributed by atoms with van der Waals surface area (Å²) in [4.78, 5) is 43.4. The van der Waals surface area contributed by atoms with Crippen LogP contribution in [0.5, 0.6) is 0 Å². The first-order chi connectivity index (χ1) is 17.8. The fraction of sp³-hybridized carbons (Fsp3) is 0.296. The van der Waals surface area contributed by atoms with E-state index in [1.807, 2.05) is 56.3 Å². The van der Waals surface area contributed by atoms with E-state index in [-0.39, 0.29) is 17.9 Å². The number of nitrogens with one attached hydrogen (secondary N) is 2. The Morgan fingerprint density at radius 3 is 2.57 bits per heavy atom. The number of aromatic nitrogens is 4. The predicted octanol–water partition coefficient (Wildman–Crippen LogP) is 5.41. The number of imidazole rings is 1. The van der Waals surface area contributed by atoms with Crippen molar-refractivity contribution >= 4 is 39.0 Å². The molecule has 37 heavy (non-hydrogen) atoms. The molecule has 1 aliphatic rings.